The van der Waals surface area contributed by atoms with E-state index in [1.165, 1.54) is 23.4 Å². The average Bonchev–Trinajstić information content (AvgIpc) is 2.81. The maximum atomic E-state index is 9.19. The summed E-state index contributed by atoms with van der Waals surface area (Å²) in [5.74, 6) is 0.605. The molecule has 96 valence electrons. The van der Waals surface area contributed by atoms with E-state index in [1.807, 2.05) is 13.0 Å². The molecule has 0 atom stereocenters. The van der Waals surface area contributed by atoms with Gasteiger partial charge in [0.1, 0.15) is 11.9 Å². The number of fused-ring (bicyclic) bond motifs is 1. The van der Waals surface area contributed by atoms with Crippen molar-refractivity contribution < 1.29 is 0 Å². The molecule has 0 saturated heterocycles. The molecule has 4 nitrogen and oxygen atoms in total. The standard InChI is InChI=1S/C14H14N4S/c1-9-6-7-16-13(10(9)8-15)18-14-17-11-4-2-3-5-12(11)19-14/h6-7H,2-5H2,1H3,(H,16,17,18). The van der Waals surface area contributed by atoms with E-state index >= 15 is 0 Å². The number of anilines is 2. The first-order valence-corrected chi connectivity index (χ1v) is 7.21. The second-order valence-electron chi connectivity index (χ2n) is 4.68. The van der Waals surface area contributed by atoms with Crippen molar-refractivity contribution in [3.8, 4) is 6.07 Å². The van der Waals surface area contributed by atoms with Crippen molar-refractivity contribution in [3.63, 3.8) is 0 Å². The highest BCUT2D eigenvalue weighted by Gasteiger charge is 2.16. The molecule has 1 aliphatic rings. The van der Waals surface area contributed by atoms with Crippen LogP contribution in [0.3, 0.4) is 0 Å². The molecule has 0 unspecified atom stereocenters. The fraction of sp³-hybridized carbons (Fsp3) is 0.357. The molecule has 0 fully saturated rings. The van der Waals surface area contributed by atoms with Gasteiger partial charge in [-0.1, -0.05) is 0 Å². The van der Waals surface area contributed by atoms with E-state index < -0.39 is 0 Å². The molecule has 2 aromatic heterocycles. The van der Waals surface area contributed by atoms with E-state index in [1.54, 1.807) is 17.5 Å². The van der Waals surface area contributed by atoms with Crippen LogP contribution in [0, 0.1) is 18.3 Å². The van der Waals surface area contributed by atoms with Gasteiger partial charge in [0.25, 0.3) is 0 Å². The molecule has 2 heterocycles. The summed E-state index contributed by atoms with van der Waals surface area (Å²) in [5, 5.41) is 13.2. The van der Waals surface area contributed by atoms with E-state index in [0.717, 1.165) is 23.5 Å². The number of hydrogen-bond acceptors (Lipinski definition) is 5. The van der Waals surface area contributed by atoms with Crippen LogP contribution < -0.4 is 5.32 Å². The molecule has 19 heavy (non-hydrogen) atoms. The summed E-state index contributed by atoms with van der Waals surface area (Å²) >= 11 is 1.68. The van der Waals surface area contributed by atoms with Crippen LogP contribution in [0.2, 0.25) is 0 Å². The number of pyridine rings is 1. The third kappa shape index (κ3) is 2.32. The third-order valence-electron chi connectivity index (χ3n) is 3.34. The summed E-state index contributed by atoms with van der Waals surface area (Å²) in [5.41, 5.74) is 2.74. The van der Waals surface area contributed by atoms with Crippen molar-refractivity contribution >= 4 is 22.3 Å². The first kappa shape index (κ1) is 12.1. The van der Waals surface area contributed by atoms with Crippen LogP contribution in [-0.4, -0.2) is 9.97 Å². The molecule has 1 N–H and O–H groups in total. The van der Waals surface area contributed by atoms with E-state index in [9.17, 15) is 5.26 Å². The zero-order valence-corrected chi connectivity index (χ0v) is 11.5. The van der Waals surface area contributed by atoms with Crippen LogP contribution in [0.5, 0.6) is 0 Å². The van der Waals surface area contributed by atoms with Crippen LogP contribution in [0.4, 0.5) is 10.9 Å². The van der Waals surface area contributed by atoms with Gasteiger partial charge in [0.2, 0.25) is 0 Å². The van der Waals surface area contributed by atoms with E-state index in [-0.39, 0.29) is 0 Å². The molecule has 0 saturated carbocycles. The highest BCUT2D eigenvalue weighted by Crippen LogP contribution is 2.31. The highest BCUT2D eigenvalue weighted by molar-refractivity contribution is 7.15. The van der Waals surface area contributed by atoms with Crippen LogP contribution >= 0.6 is 11.3 Å². The molecule has 0 bridgehead atoms. The Balaban J connectivity index is 1.92. The largest absolute Gasteiger partial charge is 0.315 e. The Labute approximate surface area is 116 Å². The molecular formula is C14H14N4S. The Bertz CT molecular complexity index is 630. The predicted octanol–water partition coefficient (Wildman–Crippen LogP) is 3.34. The Morgan fingerprint density at radius 2 is 2.21 bits per heavy atom. The van der Waals surface area contributed by atoms with Crippen LogP contribution in [-0.2, 0) is 12.8 Å². The zero-order valence-electron chi connectivity index (χ0n) is 10.7. The van der Waals surface area contributed by atoms with Gasteiger partial charge in [-0.3, -0.25) is 0 Å². The Morgan fingerprint density at radius 3 is 3.00 bits per heavy atom. The number of rotatable bonds is 2. The molecule has 0 aromatic carbocycles. The molecule has 1 aliphatic carbocycles. The van der Waals surface area contributed by atoms with E-state index in [0.29, 0.717) is 11.4 Å². The van der Waals surface area contributed by atoms with Gasteiger partial charge < -0.3 is 5.32 Å². The monoisotopic (exact) mass is 270 g/mol. The summed E-state index contributed by atoms with van der Waals surface area (Å²) in [6.07, 6.45) is 6.38. The van der Waals surface area contributed by atoms with Crippen molar-refractivity contribution in [2.24, 2.45) is 0 Å². The summed E-state index contributed by atoms with van der Waals surface area (Å²) in [7, 11) is 0. The Kier molecular flexibility index (Phi) is 3.18. The van der Waals surface area contributed by atoms with Crippen LogP contribution in [0.1, 0.15) is 34.5 Å². The van der Waals surface area contributed by atoms with Crippen molar-refractivity contribution in [2.45, 2.75) is 32.6 Å². The lowest BCUT2D eigenvalue weighted by Crippen LogP contribution is -2.00. The minimum atomic E-state index is 0.593. The molecular weight excluding hydrogens is 256 g/mol. The third-order valence-corrected chi connectivity index (χ3v) is 4.41. The Hall–Kier alpha value is -1.93. The van der Waals surface area contributed by atoms with Crippen molar-refractivity contribution in [1.82, 2.24) is 9.97 Å². The van der Waals surface area contributed by atoms with Gasteiger partial charge in [-0.2, -0.15) is 5.26 Å². The number of nitrogens with one attached hydrogen (secondary N) is 1. The second-order valence-corrected chi connectivity index (χ2v) is 5.77. The molecule has 0 amide bonds. The minimum absolute atomic E-state index is 0.593. The van der Waals surface area contributed by atoms with Gasteiger partial charge >= 0.3 is 0 Å². The number of thiazole rings is 1. The average molecular weight is 270 g/mol. The summed E-state index contributed by atoms with van der Waals surface area (Å²) in [6.45, 7) is 1.91. The Morgan fingerprint density at radius 1 is 1.37 bits per heavy atom. The first-order valence-electron chi connectivity index (χ1n) is 6.39. The van der Waals surface area contributed by atoms with Crippen LogP contribution in [0.25, 0.3) is 0 Å². The normalized spacial score (nSPS) is 13.7. The minimum Gasteiger partial charge on any atom is -0.315 e. The van der Waals surface area contributed by atoms with Crippen molar-refractivity contribution in [2.75, 3.05) is 5.32 Å². The second kappa shape index (κ2) is 4.98. The SMILES string of the molecule is Cc1ccnc(Nc2nc3c(s2)CCCC3)c1C#N. The van der Waals surface area contributed by atoms with Gasteiger partial charge in [0.15, 0.2) is 5.13 Å². The predicted molar refractivity (Wildman–Crippen MR) is 75.7 cm³/mol. The zero-order chi connectivity index (χ0) is 13.2. The fourth-order valence-electron chi connectivity index (χ4n) is 2.30. The van der Waals surface area contributed by atoms with Gasteiger partial charge in [-0.05, 0) is 44.2 Å². The lowest BCUT2D eigenvalue weighted by molar-refractivity contribution is 0.683. The summed E-state index contributed by atoms with van der Waals surface area (Å²) < 4.78 is 0. The quantitative estimate of drug-likeness (QED) is 0.909. The molecule has 0 aliphatic heterocycles. The number of nitriles is 1. The number of hydrogen-bond donors (Lipinski definition) is 1. The maximum absolute atomic E-state index is 9.19. The lowest BCUT2D eigenvalue weighted by Gasteiger charge is -2.06. The van der Waals surface area contributed by atoms with Gasteiger partial charge in [-0.15, -0.1) is 11.3 Å². The number of aromatic nitrogens is 2. The first-order chi connectivity index (χ1) is 9.28. The maximum Gasteiger partial charge on any atom is 0.188 e. The van der Waals surface area contributed by atoms with E-state index in [4.69, 9.17) is 0 Å². The summed E-state index contributed by atoms with van der Waals surface area (Å²) in [6, 6.07) is 4.04. The molecule has 0 radical (unpaired) electrons. The topological polar surface area (TPSA) is 61.6 Å². The van der Waals surface area contributed by atoms with Crippen molar-refractivity contribution in [3.05, 3.63) is 34.0 Å². The molecule has 2 aromatic rings. The van der Waals surface area contributed by atoms with Crippen molar-refractivity contribution in [1.29, 1.82) is 5.26 Å². The number of aryl methyl sites for hydroxylation is 3. The highest BCUT2D eigenvalue weighted by atomic mass is 32.1. The molecule has 0 spiro atoms. The van der Waals surface area contributed by atoms with E-state index in [2.05, 4.69) is 21.4 Å². The lowest BCUT2D eigenvalue weighted by atomic mass is 10.0. The fourth-order valence-corrected chi connectivity index (χ4v) is 3.35. The molecule has 3 rings (SSSR count). The smallest absolute Gasteiger partial charge is 0.188 e. The summed E-state index contributed by atoms with van der Waals surface area (Å²) in [4.78, 5) is 10.2. The van der Waals surface area contributed by atoms with Crippen LogP contribution in [0.15, 0.2) is 12.3 Å². The molecule has 5 heteroatoms. The van der Waals surface area contributed by atoms with Gasteiger partial charge in [0, 0.05) is 11.1 Å². The van der Waals surface area contributed by atoms with Gasteiger partial charge in [0.05, 0.1) is 11.3 Å². The van der Waals surface area contributed by atoms with Gasteiger partial charge in [-0.25, -0.2) is 9.97 Å². The number of nitrogens with zero attached hydrogens (tertiary/aromatic N) is 3.